The Hall–Kier alpha value is -1.23. The molecule has 5 nitrogen and oxygen atoms in total. The van der Waals surface area contributed by atoms with E-state index in [0.717, 1.165) is 25.8 Å². The highest BCUT2D eigenvalue weighted by atomic mass is 16.5. The Morgan fingerprint density at radius 3 is 2.65 bits per heavy atom. The number of hydrogen-bond donors (Lipinski definition) is 1. The highest BCUT2D eigenvalue weighted by Gasteiger charge is 2.13. The highest BCUT2D eigenvalue weighted by Crippen LogP contribution is 2.12. The number of rotatable bonds is 7. The van der Waals surface area contributed by atoms with Crippen LogP contribution in [0.2, 0.25) is 0 Å². The molecule has 0 aliphatic carbocycles. The molecule has 0 aromatic carbocycles. The van der Waals surface area contributed by atoms with Crippen LogP contribution < -0.4 is 11.4 Å². The number of hydrogen-bond acceptors (Lipinski definition) is 4. The van der Waals surface area contributed by atoms with Crippen LogP contribution in [0.5, 0.6) is 0 Å². The van der Waals surface area contributed by atoms with Gasteiger partial charge < -0.3 is 15.2 Å². The third-order valence-electron chi connectivity index (χ3n) is 2.76. The van der Waals surface area contributed by atoms with Crippen LogP contribution in [0, 0.1) is 0 Å². The Bertz CT molecular complexity index is 393. The molecule has 5 heteroatoms. The summed E-state index contributed by atoms with van der Waals surface area (Å²) in [5.74, 6) is 0.502. The summed E-state index contributed by atoms with van der Waals surface area (Å²) in [5.41, 5.74) is 6.28. The predicted molar refractivity (Wildman–Crippen MR) is 69.2 cm³/mol. The van der Waals surface area contributed by atoms with E-state index in [2.05, 4.69) is 11.8 Å². The molecule has 1 aromatic rings. The lowest BCUT2D eigenvalue weighted by atomic mass is 10.1. The first-order valence-corrected chi connectivity index (χ1v) is 6.19. The molecule has 0 bridgehead atoms. The molecule has 0 unspecified atom stereocenters. The van der Waals surface area contributed by atoms with Crippen LogP contribution in [0.4, 0.5) is 5.82 Å². The quantitative estimate of drug-likeness (QED) is 0.782. The van der Waals surface area contributed by atoms with Crippen LogP contribution in [-0.2, 0) is 13.0 Å². The molecule has 0 saturated heterocycles. The first kappa shape index (κ1) is 13.8. The molecule has 0 atom stereocenters. The Morgan fingerprint density at radius 2 is 2.06 bits per heavy atom. The van der Waals surface area contributed by atoms with Gasteiger partial charge in [0.05, 0.1) is 12.1 Å². The van der Waals surface area contributed by atoms with Gasteiger partial charge in [-0.25, -0.2) is 4.79 Å². The molecular weight excluding hydrogens is 218 g/mol. The minimum atomic E-state index is -0.277. The average molecular weight is 241 g/mol. The topological polar surface area (TPSA) is 64.4 Å². The number of aryl methyl sites for hydroxylation is 1. The number of anilines is 1. The van der Waals surface area contributed by atoms with Crippen LogP contribution in [0.3, 0.4) is 0 Å². The largest absolute Gasteiger partial charge is 0.382 e. The summed E-state index contributed by atoms with van der Waals surface area (Å²) in [6, 6.07) is 0. The van der Waals surface area contributed by atoms with Crippen molar-refractivity contribution in [3.8, 4) is 0 Å². The number of aromatic nitrogens is 1. The maximum absolute atomic E-state index is 11.6. The van der Waals surface area contributed by atoms with Crippen molar-refractivity contribution in [1.82, 2.24) is 9.64 Å². The lowest BCUT2D eigenvalue weighted by Crippen LogP contribution is -2.15. The summed E-state index contributed by atoms with van der Waals surface area (Å²) in [6.07, 6.45) is 3.65. The molecule has 0 saturated carbocycles. The minimum Gasteiger partial charge on any atom is -0.382 e. The van der Waals surface area contributed by atoms with Crippen LogP contribution in [-0.4, -0.2) is 30.3 Å². The van der Waals surface area contributed by atoms with E-state index in [1.165, 1.54) is 4.74 Å². The molecule has 1 aromatic heterocycles. The van der Waals surface area contributed by atoms with Crippen LogP contribution in [0.25, 0.3) is 0 Å². The zero-order chi connectivity index (χ0) is 12.8. The molecule has 17 heavy (non-hydrogen) atoms. The van der Waals surface area contributed by atoms with Crippen molar-refractivity contribution < 1.29 is 4.52 Å². The van der Waals surface area contributed by atoms with Gasteiger partial charge >= 0.3 is 5.63 Å². The zero-order valence-electron chi connectivity index (χ0n) is 11.0. The zero-order valence-corrected chi connectivity index (χ0v) is 11.0. The van der Waals surface area contributed by atoms with Gasteiger partial charge in [-0.3, -0.25) is 0 Å². The van der Waals surface area contributed by atoms with Crippen molar-refractivity contribution in [3.63, 3.8) is 0 Å². The Kier molecular flexibility index (Phi) is 5.28. The monoisotopic (exact) mass is 241 g/mol. The average Bonchev–Trinajstić information content (AvgIpc) is 2.52. The van der Waals surface area contributed by atoms with Gasteiger partial charge in [0.25, 0.3) is 0 Å². The lowest BCUT2D eigenvalue weighted by molar-refractivity contribution is 0.241. The molecule has 98 valence electrons. The first-order chi connectivity index (χ1) is 8.06. The van der Waals surface area contributed by atoms with E-state index in [-0.39, 0.29) is 5.63 Å². The fraction of sp³-hybridized carbons (Fsp3) is 0.750. The molecule has 2 N–H and O–H groups in total. The van der Waals surface area contributed by atoms with Gasteiger partial charge in [0.1, 0.15) is 5.82 Å². The second-order valence-corrected chi connectivity index (χ2v) is 4.61. The third kappa shape index (κ3) is 3.93. The summed E-state index contributed by atoms with van der Waals surface area (Å²) in [4.78, 5) is 13.7. The first-order valence-electron chi connectivity index (χ1n) is 6.19. The van der Waals surface area contributed by atoms with Crippen LogP contribution >= 0.6 is 0 Å². The summed E-state index contributed by atoms with van der Waals surface area (Å²) in [7, 11) is 4.03. The summed E-state index contributed by atoms with van der Waals surface area (Å²) >= 11 is 0. The molecule has 0 radical (unpaired) electrons. The summed E-state index contributed by atoms with van der Waals surface area (Å²) in [6.45, 7) is 3.70. The van der Waals surface area contributed by atoms with Crippen molar-refractivity contribution in [2.45, 2.75) is 39.2 Å². The van der Waals surface area contributed by atoms with Gasteiger partial charge in [0.2, 0.25) is 0 Å². The number of nitrogen functional groups attached to an aromatic ring is 1. The molecular formula is C12H23N3O2. The number of nitrogens with zero attached hydrogens (tertiary/aromatic N) is 2. The fourth-order valence-electron chi connectivity index (χ4n) is 1.74. The Labute approximate surface area is 102 Å². The van der Waals surface area contributed by atoms with E-state index in [4.69, 9.17) is 10.3 Å². The third-order valence-corrected chi connectivity index (χ3v) is 2.76. The van der Waals surface area contributed by atoms with Gasteiger partial charge in [-0.2, -0.15) is 4.74 Å². The Balaban J connectivity index is 2.64. The minimum absolute atomic E-state index is 0.277. The van der Waals surface area contributed by atoms with Gasteiger partial charge in [-0.05, 0) is 39.9 Å². The van der Waals surface area contributed by atoms with Gasteiger partial charge in [0.15, 0.2) is 0 Å². The van der Waals surface area contributed by atoms with Crippen molar-refractivity contribution in [3.05, 3.63) is 16.0 Å². The summed E-state index contributed by atoms with van der Waals surface area (Å²) in [5, 5.41) is 0. The predicted octanol–water partition coefficient (Wildman–Crippen LogP) is 1.32. The molecule has 0 aliphatic heterocycles. The highest BCUT2D eigenvalue weighted by molar-refractivity contribution is 5.37. The smallest absolute Gasteiger partial charge is 0.362 e. The SMILES string of the molecule is CCCCc1c(N)n(CCCN(C)C)oc1=O. The van der Waals surface area contributed by atoms with E-state index in [1.54, 1.807) is 0 Å². The molecule has 0 aliphatic rings. The Morgan fingerprint density at radius 1 is 1.35 bits per heavy atom. The maximum atomic E-state index is 11.6. The normalized spacial score (nSPS) is 11.3. The fourth-order valence-corrected chi connectivity index (χ4v) is 1.74. The van der Waals surface area contributed by atoms with E-state index < -0.39 is 0 Å². The number of nitrogens with two attached hydrogens (primary N) is 1. The second-order valence-electron chi connectivity index (χ2n) is 4.61. The lowest BCUT2D eigenvalue weighted by Gasteiger charge is -2.09. The summed E-state index contributed by atoms with van der Waals surface area (Å²) < 4.78 is 6.67. The van der Waals surface area contributed by atoms with Gasteiger partial charge in [0, 0.05) is 0 Å². The maximum Gasteiger partial charge on any atom is 0.362 e. The van der Waals surface area contributed by atoms with Crippen molar-refractivity contribution in [2.24, 2.45) is 0 Å². The molecule has 0 amide bonds. The molecule has 1 heterocycles. The van der Waals surface area contributed by atoms with Gasteiger partial charge in [-0.15, -0.1) is 0 Å². The van der Waals surface area contributed by atoms with E-state index in [1.807, 2.05) is 14.1 Å². The van der Waals surface area contributed by atoms with E-state index in [0.29, 0.717) is 24.3 Å². The van der Waals surface area contributed by atoms with Crippen molar-refractivity contribution >= 4 is 5.82 Å². The second kappa shape index (κ2) is 6.49. The van der Waals surface area contributed by atoms with E-state index >= 15 is 0 Å². The molecule has 0 fully saturated rings. The number of unbranched alkanes of at least 4 members (excludes halogenated alkanes) is 1. The van der Waals surface area contributed by atoms with Crippen molar-refractivity contribution in [1.29, 1.82) is 0 Å². The van der Waals surface area contributed by atoms with Crippen molar-refractivity contribution in [2.75, 3.05) is 26.4 Å². The van der Waals surface area contributed by atoms with Crippen LogP contribution in [0.15, 0.2) is 9.32 Å². The standard InChI is InChI=1S/C12H23N3O2/c1-4-5-7-10-11(13)15(17-12(10)16)9-6-8-14(2)3/h4-9,13H2,1-3H3. The van der Waals surface area contributed by atoms with Crippen LogP contribution in [0.1, 0.15) is 31.7 Å². The molecule has 1 rings (SSSR count). The molecule has 0 spiro atoms. The van der Waals surface area contributed by atoms with Gasteiger partial charge in [-0.1, -0.05) is 13.3 Å². The van der Waals surface area contributed by atoms with E-state index in [9.17, 15) is 4.79 Å².